The number of carbonyl (C=O) groups is 2. The van der Waals surface area contributed by atoms with Gasteiger partial charge >= 0.3 is 19.8 Å². The monoisotopic (exact) mass is 1070 g/mol. The third kappa shape index (κ3) is 58.9. The van der Waals surface area contributed by atoms with Gasteiger partial charge < -0.3 is 20.1 Å². The third-order valence-electron chi connectivity index (χ3n) is 11.6. The smallest absolute Gasteiger partial charge is 0.462 e. The molecule has 2 atom stereocenters. The predicted molar refractivity (Wildman–Crippen MR) is 325 cm³/mol. The number of phosphoric ester groups is 1. The lowest BCUT2D eigenvalue weighted by molar-refractivity contribution is -0.161. The molecule has 0 rings (SSSR count). The molecule has 428 valence electrons. The molecule has 0 fully saturated rings. The molecular formula is C66H106NO8P. The molecule has 3 N–H and O–H groups in total. The highest BCUT2D eigenvalue weighted by Crippen LogP contribution is 2.43. The zero-order chi connectivity index (χ0) is 55.2. The zero-order valence-electron chi connectivity index (χ0n) is 47.7. The van der Waals surface area contributed by atoms with Gasteiger partial charge in [-0.2, -0.15) is 0 Å². The molecule has 2 unspecified atom stereocenters. The van der Waals surface area contributed by atoms with Gasteiger partial charge in [0.1, 0.15) is 6.61 Å². The van der Waals surface area contributed by atoms with E-state index in [1.165, 1.54) is 51.4 Å². The first-order valence-corrected chi connectivity index (χ1v) is 31.0. The van der Waals surface area contributed by atoms with Crippen molar-refractivity contribution in [2.24, 2.45) is 5.73 Å². The lowest BCUT2D eigenvalue weighted by atomic mass is 10.1. The van der Waals surface area contributed by atoms with Crippen molar-refractivity contribution in [3.8, 4) is 0 Å². The van der Waals surface area contributed by atoms with Crippen molar-refractivity contribution in [3.63, 3.8) is 0 Å². The summed E-state index contributed by atoms with van der Waals surface area (Å²) >= 11 is 0. The summed E-state index contributed by atoms with van der Waals surface area (Å²) in [4.78, 5) is 35.1. The van der Waals surface area contributed by atoms with Crippen LogP contribution in [0.15, 0.2) is 158 Å². The summed E-state index contributed by atoms with van der Waals surface area (Å²) in [6, 6.07) is 0. The first kappa shape index (κ1) is 71.6. The van der Waals surface area contributed by atoms with Crippen molar-refractivity contribution in [1.82, 2.24) is 0 Å². The number of phosphoric acid groups is 1. The number of unbranched alkanes of at least 4 members (excludes halogenated alkanes) is 14. The summed E-state index contributed by atoms with van der Waals surface area (Å²) in [5.41, 5.74) is 5.37. The molecular weight excluding hydrogens is 966 g/mol. The zero-order valence-corrected chi connectivity index (χ0v) is 48.6. The number of rotatable bonds is 53. The fourth-order valence-electron chi connectivity index (χ4n) is 7.32. The van der Waals surface area contributed by atoms with Crippen LogP contribution in [0.2, 0.25) is 0 Å². The van der Waals surface area contributed by atoms with E-state index in [4.69, 9.17) is 24.3 Å². The van der Waals surface area contributed by atoms with E-state index in [-0.39, 0.29) is 32.6 Å². The summed E-state index contributed by atoms with van der Waals surface area (Å²) in [7, 11) is -4.41. The van der Waals surface area contributed by atoms with Gasteiger partial charge in [-0.05, 0) is 128 Å². The fraction of sp³-hybridized carbons (Fsp3) is 0.576. The number of hydrogen-bond donors (Lipinski definition) is 2. The highest BCUT2D eigenvalue weighted by Gasteiger charge is 2.26. The van der Waals surface area contributed by atoms with Crippen LogP contribution in [0.1, 0.15) is 213 Å². The molecule has 0 aromatic carbocycles. The summed E-state index contributed by atoms with van der Waals surface area (Å²) in [5, 5.41) is 0. The Morgan fingerprint density at radius 2 is 0.724 bits per heavy atom. The Hall–Kier alpha value is -4.37. The van der Waals surface area contributed by atoms with Gasteiger partial charge in [0.05, 0.1) is 13.2 Å². The average molecular weight is 1070 g/mol. The average Bonchev–Trinajstić information content (AvgIpc) is 3.41. The van der Waals surface area contributed by atoms with Crippen molar-refractivity contribution in [2.45, 2.75) is 219 Å². The van der Waals surface area contributed by atoms with Crippen LogP contribution >= 0.6 is 7.82 Å². The van der Waals surface area contributed by atoms with Crippen LogP contribution in [0, 0.1) is 0 Å². The molecule has 0 aliphatic carbocycles. The first-order valence-electron chi connectivity index (χ1n) is 29.5. The topological polar surface area (TPSA) is 134 Å². The second-order valence-electron chi connectivity index (χ2n) is 18.8. The highest BCUT2D eigenvalue weighted by molar-refractivity contribution is 7.47. The number of ether oxygens (including phenoxy) is 2. The van der Waals surface area contributed by atoms with Crippen molar-refractivity contribution in [1.29, 1.82) is 0 Å². The third-order valence-corrected chi connectivity index (χ3v) is 12.6. The lowest BCUT2D eigenvalue weighted by Gasteiger charge is -2.19. The van der Waals surface area contributed by atoms with Gasteiger partial charge in [-0.15, -0.1) is 0 Å². The van der Waals surface area contributed by atoms with E-state index in [2.05, 4.69) is 172 Å². The molecule has 0 spiro atoms. The Labute approximate surface area is 464 Å². The number of allylic oxidation sites excluding steroid dienone is 26. The first-order chi connectivity index (χ1) is 37.3. The Balaban J connectivity index is 4.12. The fourth-order valence-corrected chi connectivity index (χ4v) is 8.08. The van der Waals surface area contributed by atoms with Crippen molar-refractivity contribution in [2.75, 3.05) is 26.4 Å². The summed E-state index contributed by atoms with van der Waals surface area (Å²) in [6.45, 7) is 3.54. The molecule has 0 saturated carbocycles. The normalized spacial score (nSPS) is 14.2. The second kappa shape index (κ2) is 59.9. The molecule has 9 nitrogen and oxygen atoms in total. The number of esters is 2. The van der Waals surface area contributed by atoms with E-state index in [9.17, 15) is 19.0 Å². The van der Waals surface area contributed by atoms with Crippen LogP contribution in [-0.2, 0) is 32.7 Å². The van der Waals surface area contributed by atoms with Gasteiger partial charge in [0, 0.05) is 19.4 Å². The van der Waals surface area contributed by atoms with Gasteiger partial charge in [0.2, 0.25) is 0 Å². The maximum Gasteiger partial charge on any atom is 0.472 e. The van der Waals surface area contributed by atoms with Gasteiger partial charge in [-0.3, -0.25) is 18.6 Å². The van der Waals surface area contributed by atoms with Crippen LogP contribution in [0.3, 0.4) is 0 Å². The standard InChI is InChI=1S/C66H106NO8P/c1-3-5-7-9-11-13-15-17-19-21-23-24-25-26-27-28-29-30-31-32-33-34-35-36-37-38-39-40-41-43-45-47-49-51-53-55-57-59-66(69)75-64(63-74-76(70,71)73-61-60-67)62-72-65(68)58-56-54-52-50-48-46-44-42-22-20-18-16-14-12-10-8-6-4-2/h5,7,11,13-14,16-17,19-20,22-24,26-27,29-30,32-33,35-36,38-39,41,43,47,49,64H,3-4,6,8-10,12,15,18,21,25,28,31,34,37,40,42,44-46,48,50-63,67H2,1-2H3,(H,70,71)/b7-5-,13-11-,16-14-,19-17-,22-20-,24-23-,27-26-,30-29-,33-32-,36-35-,39-38-,43-41-,49-47-. The van der Waals surface area contributed by atoms with E-state index in [1.54, 1.807) is 0 Å². The van der Waals surface area contributed by atoms with Gasteiger partial charge in [0.15, 0.2) is 6.10 Å². The van der Waals surface area contributed by atoms with Crippen LogP contribution < -0.4 is 5.73 Å². The van der Waals surface area contributed by atoms with Crippen LogP contribution in [0.25, 0.3) is 0 Å². The summed E-state index contributed by atoms with van der Waals surface area (Å²) in [6.07, 6.45) is 87.3. The van der Waals surface area contributed by atoms with Crippen LogP contribution in [-0.4, -0.2) is 49.3 Å². The molecule has 0 aromatic heterocycles. The van der Waals surface area contributed by atoms with Gasteiger partial charge in [0.25, 0.3) is 0 Å². The van der Waals surface area contributed by atoms with E-state index >= 15 is 0 Å². The Kier molecular flexibility index (Phi) is 56.4. The second-order valence-corrected chi connectivity index (χ2v) is 20.2. The van der Waals surface area contributed by atoms with Crippen molar-refractivity contribution >= 4 is 19.8 Å². The van der Waals surface area contributed by atoms with Crippen LogP contribution in [0.5, 0.6) is 0 Å². The molecule has 76 heavy (non-hydrogen) atoms. The summed E-state index contributed by atoms with van der Waals surface area (Å²) in [5.74, 6) is -0.888. The maximum absolute atomic E-state index is 12.7. The molecule has 0 bridgehead atoms. The quantitative estimate of drug-likeness (QED) is 0.0264. The molecule has 0 aliphatic heterocycles. The van der Waals surface area contributed by atoms with Crippen molar-refractivity contribution in [3.05, 3.63) is 158 Å². The minimum absolute atomic E-state index is 0.0378. The van der Waals surface area contributed by atoms with Crippen molar-refractivity contribution < 1.29 is 37.6 Å². The molecule has 0 amide bonds. The maximum atomic E-state index is 12.7. The van der Waals surface area contributed by atoms with E-state index in [0.717, 1.165) is 122 Å². The van der Waals surface area contributed by atoms with Gasteiger partial charge in [-0.1, -0.05) is 230 Å². The highest BCUT2D eigenvalue weighted by atomic mass is 31.2. The molecule has 0 saturated heterocycles. The van der Waals surface area contributed by atoms with Gasteiger partial charge in [-0.25, -0.2) is 4.57 Å². The number of carbonyl (C=O) groups excluding carboxylic acids is 2. The molecule has 0 heterocycles. The minimum atomic E-state index is -4.41. The lowest BCUT2D eigenvalue weighted by Crippen LogP contribution is -2.29. The largest absolute Gasteiger partial charge is 0.472 e. The molecule has 10 heteroatoms. The molecule has 0 aliphatic rings. The van der Waals surface area contributed by atoms with E-state index in [1.807, 2.05) is 0 Å². The Bertz CT molecular complexity index is 1790. The summed E-state index contributed by atoms with van der Waals surface area (Å²) < 4.78 is 33.0. The minimum Gasteiger partial charge on any atom is -0.462 e. The molecule has 0 aromatic rings. The SMILES string of the molecule is CC/C=C\C/C=C\C/C=C\C/C=C\C/C=C\C/C=C\C/C=C\C/C=C\C/C=C\C/C=C\C/C=C\CCCCCC(=O)OC(COC(=O)CCCCCCCCC/C=C\C/C=C\CCCCCC)COP(=O)(O)OCCN. The number of hydrogen-bond acceptors (Lipinski definition) is 8. The molecule has 0 radical (unpaired) electrons. The number of nitrogens with two attached hydrogens (primary N) is 1. The van der Waals surface area contributed by atoms with E-state index in [0.29, 0.717) is 12.8 Å². The van der Waals surface area contributed by atoms with Crippen LogP contribution in [0.4, 0.5) is 0 Å². The Morgan fingerprint density at radius 3 is 1.09 bits per heavy atom. The predicted octanol–water partition coefficient (Wildman–Crippen LogP) is 18.9. The van der Waals surface area contributed by atoms with E-state index < -0.39 is 32.5 Å². The Morgan fingerprint density at radius 1 is 0.408 bits per heavy atom.